The Bertz CT molecular complexity index is 647. The summed E-state index contributed by atoms with van der Waals surface area (Å²) < 4.78 is 0. The number of aliphatic hydroxyl groups is 2. The molecule has 4 nitrogen and oxygen atoms in total. The molecule has 0 saturated carbocycles. The highest BCUT2D eigenvalue weighted by Gasteiger charge is 2.17. The molecule has 0 radical (unpaired) electrons. The second-order valence-corrected chi connectivity index (χ2v) is 13.7. The van der Waals surface area contributed by atoms with Crippen LogP contribution < -0.4 is 5.32 Å². The van der Waals surface area contributed by atoms with Crippen LogP contribution in [0.15, 0.2) is 24.3 Å². The molecular weight excluding hydrogens is 554 g/mol. The van der Waals surface area contributed by atoms with Crippen LogP contribution in [0.4, 0.5) is 0 Å². The van der Waals surface area contributed by atoms with Crippen LogP contribution >= 0.6 is 0 Å². The smallest absolute Gasteiger partial charge is 0.220 e. The van der Waals surface area contributed by atoms with Gasteiger partial charge in [-0.15, -0.1) is 0 Å². The summed E-state index contributed by atoms with van der Waals surface area (Å²) in [5, 5.41) is 22.9. The van der Waals surface area contributed by atoms with E-state index in [0.29, 0.717) is 6.42 Å². The lowest BCUT2D eigenvalue weighted by atomic mass is 10.0. The predicted molar refractivity (Wildman–Crippen MR) is 198 cm³/mol. The first kappa shape index (κ1) is 43.9. The monoisotopic (exact) mass is 634 g/mol. The quantitative estimate of drug-likeness (QED) is 0.0475. The van der Waals surface area contributed by atoms with Gasteiger partial charge in [0.05, 0.1) is 18.8 Å². The number of nitrogens with one attached hydrogen (secondary N) is 1. The van der Waals surface area contributed by atoms with Crippen molar-refractivity contribution in [3.63, 3.8) is 0 Å². The zero-order valence-corrected chi connectivity index (χ0v) is 30.4. The first-order chi connectivity index (χ1) is 22.2. The van der Waals surface area contributed by atoms with Crippen LogP contribution in [0, 0.1) is 0 Å². The highest BCUT2D eigenvalue weighted by Crippen LogP contribution is 2.15. The molecule has 0 aromatic carbocycles. The van der Waals surface area contributed by atoms with Gasteiger partial charge in [-0.2, -0.15) is 0 Å². The Morgan fingerprint density at radius 1 is 0.511 bits per heavy atom. The lowest BCUT2D eigenvalue weighted by Crippen LogP contribution is -2.45. The summed E-state index contributed by atoms with van der Waals surface area (Å²) >= 11 is 0. The van der Waals surface area contributed by atoms with Gasteiger partial charge < -0.3 is 15.5 Å². The molecule has 1 amide bonds. The maximum Gasteiger partial charge on any atom is 0.220 e. The van der Waals surface area contributed by atoms with E-state index in [-0.39, 0.29) is 12.5 Å². The van der Waals surface area contributed by atoms with E-state index in [2.05, 4.69) is 31.3 Å². The number of carbonyl (C=O) groups is 1. The van der Waals surface area contributed by atoms with Gasteiger partial charge in [-0.3, -0.25) is 4.79 Å². The fourth-order valence-electron chi connectivity index (χ4n) is 6.08. The Balaban J connectivity index is 3.60. The standard InChI is InChI=1S/C41H79NO3/c1-3-5-7-9-11-13-15-17-18-19-20-21-22-23-24-25-26-28-30-32-34-36-40(44)39(38-43)42-41(45)37-35-33-31-29-27-16-14-12-10-8-6-4-2/h26,28,34,36,39-40,43-44H,3-25,27,29-33,35,37-38H2,1-2H3,(H,42,45)/b28-26+,36-34+. The number of allylic oxidation sites excluding steroid dienone is 3. The number of hydrogen-bond donors (Lipinski definition) is 3. The molecule has 2 atom stereocenters. The van der Waals surface area contributed by atoms with Crippen molar-refractivity contribution < 1.29 is 15.0 Å². The van der Waals surface area contributed by atoms with Gasteiger partial charge in [0, 0.05) is 6.42 Å². The molecule has 0 aliphatic carbocycles. The van der Waals surface area contributed by atoms with Crippen LogP contribution in [0.1, 0.15) is 213 Å². The number of rotatable bonds is 36. The zero-order chi connectivity index (χ0) is 32.9. The minimum Gasteiger partial charge on any atom is -0.394 e. The molecule has 3 N–H and O–H groups in total. The molecule has 266 valence electrons. The third-order valence-corrected chi connectivity index (χ3v) is 9.19. The van der Waals surface area contributed by atoms with Crippen molar-refractivity contribution in [1.29, 1.82) is 0 Å². The molecular formula is C41H79NO3. The van der Waals surface area contributed by atoms with Gasteiger partial charge in [-0.25, -0.2) is 0 Å². The largest absolute Gasteiger partial charge is 0.394 e. The lowest BCUT2D eigenvalue weighted by Gasteiger charge is -2.19. The first-order valence-electron chi connectivity index (χ1n) is 20.1. The molecule has 0 fully saturated rings. The molecule has 45 heavy (non-hydrogen) atoms. The summed E-state index contributed by atoms with van der Waals surface area (Å²) in [5.74, 6) is -0.0738. The molecule has 2 unspecified atom stereocenters. The van der Waals surface area contributed by atoms with Crippen molar-refractivity contribution in [1.82, 2.24) is 5.32 Å². The van der Waals surface area contributed by atoms with Gasteiger partial charge in [0.15, 0.2) is 0 Å². The van der Waals surface area contributed by atoms with E-state index >= 15 is 0 Å². The van der Waals surface area contributed by atoms with Crippen LogP contribution in [0.3, 0.4) is 0 Å². The zero-order valence-electron chi connectivity index (χ0n) is 30.4. The Labute approximate surface area is 281 Å². The normalized spacial score (nSPS) is 13.2. The van der Waals surface area contributed by atoms with E-state index in [4.69, 9.17) is 0 Å². The van der Waals surface area contributed by atoms with E-state index < -0.39 is 12.1 Å². The molecule has 0 aliphatic heterocycles. The number of unbranched alkanes of at least 4 members (excludes halogenated alkanes) is 27. The fraction of sp³-hybridized carbons (Fsp3) is 0.878. The topological polar surface area (TPSA) is 69.6 Å². The van der Waals surface area contributed by atoms with Crippen LogP contribution in [0.2, 0.25) is 0 Å². The summed E-state index contributed by atoms with van der Waals surface area (Å²) in [4.78, 5) is 12.3. The Morgan fingerprint density at radius 2 is 0.867 bits per heavy atom. The molecule has 0 aliphatic rings. The first-order valence-corrected chi connectivity index (χ1v) is 20.1. The molecule has 4 heteroatoms. The van der Waals surface area contributed by atoms with Gasteiger partial charge >= 0.3 is 0 Å². The maximum absolute atomic E-state index is 12.3. The summed E-state index contributed by atoms with van der Waals surface area (Å²) in [5.41, 5.74) is 0. The third-order valence-electron chi connectivity index (χ3n) is 9.19. The molecule has 0 aromatic heterocycles. The van der Waals surface area contributed by atoms with Crippen molar-refractivity contribution in [2.45, 2.75) is 225 Å². The van der Waals surface area contributed by atoms with Crippen molar-refractivity contribution in [2.24, 2.45) is 0 Å². The van der Waals surface area contributed by atoms with Crippen molar-refractivity contribution >= 4 is 5.91 Å². The van der Waals surface area contributed by atoms with Crippen LogP contribution in [0.5, 0.6) is 0 Å². The predicted octanol–water partition coefficient (Wildman–Crippen LogP) is 12.1. The second kappa shape index (κ2) is 37.3. The summed E-state index contributed by atoms with van der Waals surface area (Å²) in [6, 6.07) is -0.633. The average molecular weight is 634 g/mol. The molecule has 0 bridgehead atoms. The fourth-order valence-corrected chi connectivity index (χ4v) is 6.08. The number of amides is 1. The number of hydrogen-bond acceptors (Lipinski definition) is 3. The van der Waals surface area contributed by atoms with Crippen LogP contribution in [0.25, 0.3) is 0 Å². The lowest BCUT2D eigenvalue weighted by molar-refractivity contribution is -0.123. The van der Waals surface area contributed by atoms with Gasteiger partial charge in [0.2, 0.25) is 5.91 Å². The number of carbonyl (C=O) groups excluding carboxylic acids is 1. The van der Waals surface area contributed by atoms with Crippen molar-refractivity contribution in [3.05, 3.63) is 24.3 Å². The molecule has 0 heterocycles. The van der Waals surface area contributed by atoms with Crippen molar-refractivity contribution in [2.75, 3.05) is 6.61 Å². The van der Waals surface area contributed by atoms with Crippen LogP contribution in [-0.4, -0.2) is 34.9 Å². The summed E-state index contributed by atoms with van der Waals surface area (Å²) in [7, 11) is 0. The maximum atomic E-state index is 12.3. The summed E-state index contributed by atoms with van der Waals surface area (Å²) in [6.07, 6.45) is 47.1. The van der Waals surface area contributed by atoms with E-state index in [1.165, 1.54) is 161 Å². The van der Waals surface area contributed by atoms with Gasteiger partial charge in [0.25, 0.3) is 0 Å². The molecule has 0 spiro atoms. The minimum atomic E-state index is -0.856. The minimum absolute atomic E-state index is 0.0738. The van der Waals surface area contributed by atoms with E-state index in [1.54, 1.807) is 6.08 Å². The Hall–Kier alpha value is -1.13. The third kappa shape index (κ3) is 34.0. The number of aliphatic hydroxyl groups excluding tert-OH is 2. The molecule has 0 aromatic rings. The van der Waals surface area contributed by atoms with Crippen LogP contribution in [-0.2, 0) is 4.79 Å². The van der Waals surface area contributed by atoms with Gasteiger partial charge in [-0.1, -0.05) is 199 Å². The molecule has 0 rings (SSSR count). The highest BCUT2D eigenvalue weighted by atomic mass is 16.3. The Kier molecular flexibility index (Phi) is 36.4. The second-order valence-electron chi connectivity index (χ2n) is 13.7. The van der Waals surface area contributed by atoms with Gasteiger partial charge in [-0.05, 0) is 32.1 Å². The van der Waals surface area contributed by atoms with E-state index in [9.17, 15) is 15.0 Å². The van der Waals surface area contributed by atoms with Gasteiger partial charge in [0.1, 0.15) is 0 Å². The average Bonchev–Trinajstić information content (AvgIpc) is 3.04. The Morgan fingerprint density at radius 3 is 1.29 bits per heavy atom. The highest BCUT2D eigenvalue weighted by molar-refractivity contribution is 5.76. The molecule has 0 saturated heterocycles. The summed E-state index contributed by atoms with van der Waals surface area (Å²) in [6.45, 7) is 4.29. The SMILES string of the molecule is CCCCCCCCCCCCCCCCC/C=C/CC/C=C/C(O)C(CO)NC(=O)CCCCCCCCCCCCCC. The van der Waals surface area contributed by atoms with Crippen molar-refractivity contribution in [3.8, 4) is 0 Å². The van der Waals surface area contributed by atoms with E-state index in [1.807, 2.05) is 6.08 Å². The van der Waals surface area contributed by atoms with E-state index in [0.717, 1.165) is 32.1 Å².